The normalized spacial score (nSPS) is 8.56. The van der Waals surface area contributed by atoms with Crippen LogP contribution in [0.1, 0.15) is 5.56 Å². The molecular weight excluding hydrogens is 234 g/mol. The van der Waals surface area contributed by atoms with E-state index in [-0.39, 0.29) is 17.4 Å². The molecule has 0 aliphatic rings. The topological polar surface area (TPSA) is 105 Å². The van der Waals surface area contributed by atoms with Gasteiger partial charge in [-0.25, -0.2) is 4.98 Å². The van der Waals surface area contributed by atoms with Gasteiger partial charge in [0, 0.05) is 22.7 Å². The quantitative estimate of drug-likeness (QED) is 0.150. The van der Waals surface area contributed by atoms with E-state index < -0.39 is 4.92 Å². The fourth-order valence-electron chi connectivity index (χ4n) is 0.841. The van der Waals surface area contributed by atoms with Crippen LogP contribution in [-0.2, 0) is 0 Å². The maximum atomic E-state index is 10.5. The molecule has 1 rings (SSSR count). The first-order chi connectivity index (χ1) is 7.65. The summed E-state index contributed by atoms with van der Waals surface area (Å²) in [6.45, 7) is -0.00702. The van der Waals surface area contributed by atoms with Crippen LogP contribution in [0.2, 0.25) is 5.15 Å². The van der Waals surface area contributed by atoms with E-state index in [0.717, 1.165) is 0 Å². The summed E-state index contributed by atoms with van der Waals surface area (Å²) in [6.07, 6.45) is 1.30. The standard InChI is InChI=1S/C8H4ClN5O2/c9-8-7(14(15)16)4-6(5-11-8)2-1-3-12-13-10/h4-5H,3H2. The van der Waals surface area contributed by atoms with E-state index in [9.17, 15) is 10.1 Å². The highest BCUT2D eigenvalue weighted by atomic mass is 35.5. The Bertz CT molecular complexity index is 527. The van der Waals surface area contributed by atoms with Gasteiger partial charge in [0.15, 0.2) is 0 Å². The Labute approximate surface area is 94.8 Å². The zero-order chi connectivity index (χ0) is 12.0. The Kier molecular flexibility index (Phi) is 4.09. The lowest BCUT2D eigenvalue weighted by molar-refractivity contribution is -0.385. The maximum Gasteiger partial charge on any atom is 0.307 e. The first-order valence-corrected chi connectivity index (χ1v) is 4.32. The molecule has 0 amide bonds. The Balaban J connectivity index is 2.97. The van der Waals surface area contributed by atoms with E-state index in [1.54, 1.807) is 0 Å². The number of aromatic nitrogens is 1. The summed E-state index contributed by atoms with van der Waals surface area (Å²) in [5.74, 6) is 5.07. The molecule has 0 aliphatic heterocycles. The van der Waals surface area contributed by atoms with Crippen molar-refractivity contribution in [3.8, 4) is 11.8 Å². The third kappa shape index (κ3) is 3.13. The van der Waals surface area contributed by atoms with E-state index >= 15 is 0 Å². The van der Waals surface area contributed by atoms with Gasteiger partial charge in [0.05, 0.1) is 11.5 Å². The van der Waals surface area contributed by atoms with Crippen LogP contribution < -0.4 is 0 Å². The monoisotopic (exact) mass is 237 g/mol. The molecular formula is C8H4ClN5O2. The molecule has 1 aromatic heterocycles. The minimum absolute atomic E-state index is 0.00702. The Hall–Kier alpha value is -2.29. The second kappa shape index (κ2) is 5.56. The van der Waals surface area contributed by atoms with Crippen LogP contribution >= 0.6 is 11.6 Å². The summed E-state index contributed by atoms with van der Waals surface area (Å²) in [6, 6.07) is 1.21. The van der Waals surface area contributed by atoms with Gasteiger partial charge in [-0.2, -0.15) is 0 Å². The zero-order valence-electron chi connectivity index (χ0n) is 7.79. The molecule has 80 valence electrons. The molecule has 0 spiro atoms. The van der Waals surface area contributed by atoms with Crippen molar-refractivity contribution in [3.63, 3.8) is 0 Å². The van der Waals surface area contributed by atoms with Crippen molar-refractivity contribution in [1.82, 2.24) is 4.98 Å². The number of rotatable bonds is 2. The van der Waals surface area contributed by atoms with Crippen LogP contribution in [0.3, 0.4) is 0 Å². The summed E-state index contributed by atoms with van der Waals surface area (Å²) >= 11 is 5.51. The largest absolute Gasteiger partial charge is 0.307 e. The second-order valence-corrected chi connectivity index (χ2v) is 2.84. The minimum Gasteiger partial charge on any atom is -0.258 e. The average molecular weight is 238 g/mol. The number of pyridine rings is 1. The van der Waals surface area contributed by atoms with Crippen molar-refractivity contribution >= 4 is 17.3 Å². The van der Waals surface area contributed by atoms with Crippen molar-refractivity contribution in [1.29, 1.82) is 0 Å². The van der Waals surface area contributed by atoms with E-state index in [1.165, 1.54) is 12.3 Å². The molecule has 0 aromatic carbocycles. The Morgan fingerprint density at radius 2 is 2.50 bits per heavy atom. The van der Waals surface area contributed by atoms with E-state index in [1.807, 2.05) is 0 Å². The van der Waals surface area contributed by atoms with Crippen molar-refractivity contribution in [2.45, 2.75) is 0 Å². The number of hydrogen-bond donors (Lipinski definition) is 0. The molecule has 0 saturated heterocycles. The molecule has 0 aliphatic carbocycles. The maximum absolute atomic E-state index is 10.5. The van der Waals surface area contributed by atoms with Gasteiger partial charge in [-0.3, -0.25) is 10.1 Å². The van der Waals surface area contributed by atoms with Crippen molar-refractivity contribution in [2.24, 2.45) is 5.11 Å². The van der Waals surface area contributed by atoms with Gasteiger partial charge < -0.3 is 0 Å². The van der Waals surface area contributed by atoms with Crippen LogP contribution in [0.4, 0.5) is 5.69 Å². The molecule has 0 saturated carbocycles. The minimum atomic E-state index is -0.645. The second-order valence-electron chi connectivity index (χ2n) is 2.48. The molecule has 0 atom stereocenters. The van der Waals surface area contributed by atoms with E-state index in [4.69, 9.17) is 17.1 Å². The average Bonchev–Trinajstić information content (AvgIpc) is 2.26. The van der Waals surface area contributed by atoms with E-state index in [2.05, 4.69) is 26.9 Å². The molecule has 0 N–H and O–H groups in total. The van der Waals surface area contributed by atoms with Crippen LogP contribution in [0.15, 0.2) is 17.4 Å². The molecule has 1 heterocycles. The van der Waals surface area contributed by atoms with Crippen LogP contribution in [0, 0.1) is 22.0 Å². The van der Waals surface area contributed by atoms with Gasteiger partial charge in [-0.1, -0.05) is 28.6 Å². The summed E-state index contributed by atoms with van der Waals surface area (Å²) in [5.41, 5.74) is 8.02. The van der Waals surface area contributed by atoms with Gasteiger partial charge in [0.25, 0.3) is 0 Å². The summed E-state index contributed by atoms with van der Waals surface area (Å²) in [4.78, 5) is 16.0. The number of hydrogen-bond acceptors (Lipinski definition) is 4. The van der Waals surface area contributed by atoms with E-state index in [0.29, 0.717) is 5.56 Å². The Morgan fingerprint density at radius 1 is 1.75 bits per heavy atom. The summed E-state index contributed by atoms with van der Waals surface area (Å²) < 4.78 is 0. The summed E-state index contributed by atoms with van der Waals surface area (Å²) in [5, 5.41) is 13.5. The lowest BCUT2D eigenvalue weighted by atomic mass is 10.2. The third-order valence-electron chi connectivity index (χ3n) is 1.46. The van der Waals surface area contributed by atoms with Gasteiger partial charge in [-0.15, -0.1) is 0 Å². The number of halogens is 1. The highest BCUT2D eigenvalue weighted by molar-refractivity contribution is 6.31. The highest BCUT2D eigenvalue weighted by Gasteiger charge is 2.13. The predicted octanol–water partition coefficient (Wildman–Crippen LogP) is 2.31. The Morgan fingerprint density at radius 3 is 3.12 bits per heavy atom. The molecule has 0 radical (unpaired) electrons. The lowest BCUT2D eigenvalue weighted by Crippen LogP contribution is -1.92. The van der Waals surface area contributed by atoms with Crippen LogP contribution in [0.5, 0.6) is 0 Å². The van der Waals surface area contributed by atoms with Gasteiger partial charge in [0.2, 0.25) is 5.15 Å². The van der Waals surface area contributed by atoms with Gasteiger partial charge in [-0.05, 0) is 5.53 Å². The number of nitro groups is 1. The van der Waals surface area contributed by atoms with Gasteiger partial charge in [0.1, 0.15) is 0 Å². The fraction of sp³-hybridized carbons (Fsp3) is 0.125. The molecule has 7 nitrogen and oxygen atoms in total. The first kappa shape index (κ1) is 11.8. The fourth-order valence-corrected chi connectivity index (χ4v) is 1.01. The van der Waals surface area contributed by atoms with Crippen molar-refractivity contribution < 1.29 is 4.92 Å². The molecule has 0 bridgehead atoms. The number of azide groups is 1. The zero-order valence-corrected chi connectivity index (χ0v) is 8.55. The highest BCUT2D eigenvalue weighted by Crippen LogP contribution is 2.21. The van der Waals surface area contributed by atoms with Crippen molar-refractivity contribution in [3.05, 3.63) is 43.5 Å². The lowest BCUT2D eigenvalue weighted by Gasteiger charge is -1.94. The van der Waals surface area contributed by atoms with Crippen LogP contribution in [0.25, 0.3) is 10.4 Å². The summed E-state index contributed by atoms with van der Waals surface area (Å²) in [7, 11) is 0. The molecule has 0 unspecified atom stereocenters. The van der Waals surface area contributed by atoms with Gasteiger partial charge >= 0.3 is 5.69 Å². The van der Waals surface area contributed by atoms with Crippen molar-refractivity contribution in [2.75, 3.05) is 6.54 Å². The third-order valence-corrected chi connectivity index (χ3v) is 1.75. The predicted molar refractivity (Wildman–Crippen MR) is 56.8 cm³/mol. The molecule has 16 heavy (non-hydrogen) atoms. The molecule has 0 fully saturated rings. The van der Waals surface area contributed by atoms with Crippen LogP contribution in [-0.4, -0.2) is 16.5 Å². The first-order valence-electron chi connectivity index (χ1n) is 3.95. The SMILES string of the molecule is [N-]=[N+]=NCC#Cc1cnc(Cl)c([N+](=O)[O-])c1. The number of nitrogens with zero attached hydrogens (tertiary/aromatic N) is 5. The molecule has 1 aromatic rings. The molecule has 8 heteroatoms. The smallest absolute Gasteiger partial charge is 0.258 e.